The highest BCUT2D eigenvalue weighted by Crippen LogP contribution is 2.26. The van der Waals surface area contributed by atoms with E-state index in [1.165, 1.54) is 5.56 Å². The largest absolute Gasteiger partial charge is 0.336 e. The van der Waals surface area contributed by atoms with Crippen LogP contribution in [-0.2, 0) is 17.8 Å². The number of imidazole rings is 1. The average molecular weight is 377 g/mol. The highest BCUT2D eigenvalue weighted by Gasteiger charge is 2.21. The summed E-state index contributed by atoms with van der Waals surface area (Å²) in [4.78, 5) is 23.5. The Morgan fingerprint density at radius 2 is 1.89 bits per heavy atom. The fourth-order valence-electron chi connectivity index (χ4n) is 3.63. The fourth-order valence-corrected chi connectivity index (χ4v) is 3.63. The normalized spacial score (nSPS) is 12.0. The zero-order valence-corrected chi connectivity index (χ0v) is 16.9. The van der Waals surface area contributed by atoms with Crippen LogP contribution in [0.3, 0.4) is 0 Å². The van der Waals surface area contributed by atoms with E-state index in [1.807, 2.05) is 34.0 Å². The number of carbonyl (C=O) groups is 1. The molecule has 3 aromatic rings. The van der Waals surface area contributed by atoms with Crippen LogP contribution in [0.1, 0.15) is 30.0 Å². The Balaban J connectivity index is 1.76. The van der Waals surface area contributed by atoms with Crippen molar-refractivity contribution >= 4 is 11.6 Å². The Morgan fingerprint density at radius 3 is 2.54 bits per heavy atom. The number of hydrogen-bond acceptors (Lipinski definition) is 3. The summed E-state index contributed by atoms with van der Waals surface area (Å²) in [5.74, 6) is 0.408. The van der Waals surface area contributed by atoms with Gasteiger partial charge in [-0.15, -0.1) is 0 Å². The van der Waals surface area contributed by atoms with Crippen molar-refractivity contribution in [3.8, 4) is 0 Å². The van der Waals surface area contributed by atoms with Gasteiger partial charge in [-0.1, -0.05) is 31.2 Å². The van der Waals surface area contributed by atoms with E-state index in [0.29, 0.717) is 13.0 Å². The van der Waals surface area contributed by atoms with Gasteiger partial charge in [0, 0.05) is 50.0 Å². The van der Waals surface area contributed by atoms with Crippen LogP contribution < -0.4 is 4.90 Å². The Bertz CT molecular complexity index is 870. The summed E-state index contributed by atoms with van der Waals surface area (Å²) in [6, 6.07) is 10.2. The number of nitrogens with zero attached hydrogens (tertiary/aromatic N) is 4. The van der Waals surface area contributed by atoms with Gasteiger partial charge in [-0.2, -0.15) is 0 Å². The summed E-state index contributed by atoms with van der Waals surface area (Å²) in [5.41, 5.74) is 4.44. The molecule has 0 bridgehead atoms. The lowest BCUT2D eigenvalue weighted by Crippen LogP contribution is -2.36. The number of rotatable bonds is 8. The molecule has 2 aromatic heterocycles. The van der Waals surface area contributed by atoms with Crippen LogP contribution in [0, 0.1) is 19.8 Å². The van der Waals surface area contributed by atoms with E-state index < -0.39 is 0 Å². The maximum atomic E-state index is 13.3. The zero-order chi connectivity index (χ0) is 19.9. The molecule has 0 aliphatic rings. The first-order chi connectivity index (χ1) is 13.5. The molecule has 0 radical (unpaired) electrons. The highest BCUT2D eigenvalue weighted by atomic mass is 16.2. The van der Waals surface area contributed by atoms with E-state index in [4.69, 9.17) is 0 Å². The number of aromatic nitrogens is 3. The smallest absolute Gasteiger partial charge is 0.227 e. The van der Waals surface area contributed by atoms with Crippen molar-refractivity contribution in [2.24, 2.45) is 5.92 Å². The SMILES string of the molecule is Cc1cccc(C)c1N(CCn1ccnc1)C(=O)CC(C)Cc1cccnc1. The van der Waals surface area contributed by atoms with Crippen molar-refractivity contribution in [1.29, 1.82) is 0 Å². The monoisotopic (exact) mass is 376 g/mol. The van der Waals surface area contributed by atoms with Crippen molar-refractivity contribution in [3.05, 3.63) is 78.1 Å². The molecule has 1 aromatic carbocycles. The molecule has 0 fully saturated rings. The van der Waals surface area contributed by atoms with Crippen molar-refractivity contribution in [3.63, 3.8) is 0 Å². The van der Waals surface area contributed by atoms with Crippen LogP contribution in [-0.4, -0.2) is 27.0 Å². The molecule has 0 N–H and O–H groups in total. The number of hydrogen-bond donors (Lipinski definition) is 0. The van der Waals surface area contributed by atoms with Gasteiger partial charge in [0.25, 0.3) is 0 Å². The number of aryl methyl sites for hydroxylation is 2. The van der Waals surface area contributed by atoms with Gasteiger partial charge in [-0.05, 0) is 48.9 Å². The van der Waals surface area contributed by atoms with Gasteiger partial charge in [0.05, 0.1) is 6.33 Å². The van der Waals surface area contributed by atoms with Crippen molar-refractivity contribution in [2.45, 2.75) is 40.2 Å². The van der Waals surface area contributed by atoms with Crippen LogP contribution in [0.5, 0.6) is 0 Å². The van der Waals surface area contributed by atoms with Crippen LogP contribution in [0.4, 0.5) is 5.69 Å². The third-order valence-electron chi connectivity index (χ3n) is 4.98. The van der Waals surface area contributed by atoms with Gasteiger partial charge in [-0.25, -0.2) is 4.98 Å². The molecular weight excluding hydrogens is 348 g/mol. The molecule has 28 heavy (non-hydrogen) atoms. The van der Waals surface area contributed by atoms with Crippen molar-refractivity contribution in [1.82, 2.24) is 14.5 Å². The first kappa shape index (κ1) is 19.8. The fraction of sp³-hybridized carbons (Fsp3) is 0.348. The third kappa shape index (κ3) is 5.06. The number of benzene rings is 1. The molecule has 0 spiro atoms. The van der Waals surface area contributed by atoms with Crippen molar-refractivity contribution < 1.29 is 4.79 Å². The maximum Gasteiger partial charge on any atom is 0.227 e. The molecule has 0 aliphatic carbocycles. The molecule has 3 rings (SSSR count). The summed E-state index contributed by atoms with van der Waals surface area (Å²) in [6.07, 6.45) is 10.5. The van der Waals surface area contributed by atoms with Crippen LogP contribution >= 0.6 is 0 Å². The third-order valence-corrected chi connectivity index (χ3v) is 4.98. The quantitative estimate of drug-likeness (QED) is 0.592. The summed E-state index contributed by atoms with van der Waals surface area (Å²) in [6.45, 7) is 7.61. The lowest BCUT2D eigenvalue weighted by atomic mass is 9.98. The number of carbonyl (C=O) groups excluding carboxylic acids is 1. The first-order valence-electron chi connectivity index (χ1n) is 9.76. The summed E-state index contributed by atoms with van der Waals surface area (Å²) in [5, 5.41) is 0. The number of pyridine rings is 1. The second-order valence-electron chi connectivity index (χ2n) is 7.46. The standard InChI is InChI=1S/C23H28N4O/c1-18(14-21-8-5-9-24-16-21)15-22(28)27(13-12-26-11-10-25-17-26)23-19(2)6-4-7-20(23)3/h4-11,16-18H,12-15H2,1-3H3. The predicted molar refractivity (Wildman–Crippen MR) is 112 cm³/mol. The first-order valence-corrected chi connectivity index (χ1v) is 9.76. The van der Waals surface area contributed by atoms with E-state index in [1.54, 1.807) is 18.7 Å². The number of amides is 1. The molecule has 1 atom stereocenters. The Labute approximate surface area is 167 Å². The van der Waals surface area contributed by atoms with E-state index in [0.717, 1.165) is 29.8 Å². The average Bonchev–Trinajstić information content (AvgIpc) is 3.18. The molecule has 1 amide bonds. The minimum atomic E-state index is 0.161. The minimum Gasteiger partial charge on any atom is -0.336 e. The highest BCUT2D eigenvalue weighted by molar-refractivity contribution is 5.95. The second kappa shape index (κ2) is 9.31. The Morgan fingerprint density at radius 1 is 1.11 bits per heavy atom. The van der Waals surface area contributed by atoms with Gasteiger partial charge in [0.15, 0.2) is 0 Å². The van der Waals surface area contributed by atoms with Gasteiger partial charge in [-0.3, -0.25) is 9.78 Å². The summed E-state index contributed by atoms with van der Waals surface area (Å²) < 4.78 is 2.01. The molecular formula is C23H28N4O. The molecule has 5 nitrogen and oxygen atoms in total. The summed E-state index contributed by atoms with van der Waals surface area (Å²) in [7, 11) is 0. The van der Waals surface area contributed by atoms with Crippen LogP contribution in [0.15, 0.2) is 61.4 Å². The Kier molecular flexibility index (Phi) is 6.58. The zero-order valence-electron chi connectivity index (χ0n) is 16.9. The van der Waals surface area contributed by atoms with Crippen LogP contribution in [0.25, 0.3) is 0 Å². The molecule has 5 heteroatoms. The second-order valence-corrected chi connectivity index (χ2v) is 7.46. The molecule has 2 heterocycles. The van der Waals surface area contributed by atoms with Crippen molar-refractivity contribution in [2.75, 3.05) is 11.4 Å². The molecule has 146 valence electrons. The molecule has 0 aliphatic heterocycles. The maximum absolute atomic E-state index is 13.3. The number of anilines is 1. The topological polar surface area (TPSA) is 51.0 Å². The van der Waals surface area contributed by atoms with Crippen LogP contribution in [0.2, 0.25) is 0 Å². The minimum absolute atomic E-state index is 0.161. The van der Waals surface area contributed by atoms with E-state index in [9.17, 15) is 4.79 Å². The van der Waals surface area contributed by atoms with E-state index in [-0.39, 0.29) is 11.8 Å². The lowest BCUT2D eigenvalue weighted by molar-refractivity contribution is -0.119. The molecule has 0 saturated carbocycles. The van der Waals surface area contributed by atoms with Gasteiger partial charge < -0.3 is 9.47 Å². The Hall–Kier alpha value is -2.95. The van der Waals surface area contributed by atoms with Gasteiger partial charge >= 0.3 is 0 Å². The van der Waals surface area contributed by atoms with Gasteiger partial charge in [0.1, 0.15) is 0 Å². The van der Waals surface area contributed by atoms with Gasteiger partial charge in [0.2, 0.25) is 5.91 Å². The molecule has 0 saturated heterocycles. The molecule has 1 unspecified atom stereocenters. The predicted octanol–water partition coefficient (Wildman–Crippen LogP) is 4.20. The van der Waals surface area contributed by atoms with E-state index >= 15 is 0 Å². The lowest BCUT2D eigenvalue weighted by Gasteiger charge is -2.28. The van der Waals surface area contributed by atoms with E-state index in [2.05, 4.69) is 48.9 Å². The summed E-state index contributed by atoms with van der Waals surface area (Å²) >= 11 is 0. The number of para-hydroxylation sites is 1.